The molecule has 208 valence electrons. The van der Waals surface area contributed by atoms with E-state index in [9.17, 15) is 19.5 Å². The van der Waals surface area contributed by atoms with Crippen LogP contribution in [0.3, 0.4) is 0 Å². The Hall–Kier alpha value is -1.80. The molecule has 3 saturated heterocycles. The Labute approximate surface area is 227 Å². The number of amides is 2. The molecule has 7 nitrogen and oxygen atoms in total. The van der Waals surface area contributed by atoms with E-state index in [1.165, 1.54) is 0 Å². The van der Waals surface area contributed by atoms with Crippen LogP contribution in [0.25, 0.3) is 0 Å². The number of nitrogens with zero attached hydrogens (tertiary/aromatic N) is 2. The molecule has 37 heavy (non-hydrogen) atoms. The van der Waals surface area contributed by atoms with E-state index in [2.05, 4.69) is 33.9 Å². The summed E-state index contributed by atoms with van der Waals surface area (Å²) in [6.07, 6.45) is 10.5. The quantitative estimate of drug-likeness (QED) is 0.180. The third kappa shape index (κ3) is 5.65. The van der Waals surface area contributed by atoms with Crippen molar-refractivity contribution in [2.75, 3.05) is 26.3 Å². The van der Waals surface area contributed by atoms with Crippen LogP contribution in [-0.2, 0) is 19.1 Å². The zero-order chi connectivity index (χ0) is 27.2. The number of fused-ring (bicyclic) bond motifs is 1. The smallest absolute Gasteiger partial charge is 0.311 e. The summed E-state index contributed by atoms with van der Waals surface area (Å²) in [5.41, 5.74) is 0. The number of aliphatic hydroxyl groups is 1. The maximum Gasteiger partial charge on any atom is 0.311 e. The standard InChI is InChI=1S/C29H46N2O5S/c1-6-9-13-20-36-27(35)23-22-25(33)31(18-11-10-12-19-32)24(29(22)16-15-28(23,5)37-29)26(34)30(17-8-3)21(4)14-7-2/h6,8,21-24,32H,1,3,7,9-20H2,2,4-5H3/t21?,22-,23+,24?,28-,29?/m0/s1. The van der Waals surface area contributed by atoms with Crippen molar-refractivity contribution >= 4 is 29.5 Å². The topological polar surface area (TPSA) is 87.1 Å². The van der Waals surface area contributed by atoms with Gasteiger partial charge in [0.1, 0.15) is 6.04 Å². The van der Waals surface area contributed by atoms with Crippen molar-refractivity contribution in [2.45, 2.75) is 100 Å². The van der Waals surface area contributed by atoms with Gasteiger partial charge < -0.3 is 19.6 Å². The first-order valence-electron chi connectivity index (χ1n) is 14.0. The van der Waals surface area contributed by atoms with Crippen LogP contribution in [-0.4, -0.2) is 80.6 Å². The molecular formula is C29H46N2O5S. The van der Waals surface area contributed by atoms with Gasteiger partial charge in [-0.15, -0.1) is 24.9 Å². The summed E-state index contributed by atoms with van der Waals surface area (Å²) < 4.78 is 4.64. The second-order valence-electron chi connectivity index (χ2n) is 11.1. The fourth-order valence-corrected chi connectivity index (χ4v) is 9.06. The molecule has 0 aliphatic carbocycles. The first kappa shape index (κ1) is 29.8. The van der Waals surface area contributed by atoms with Gasteiger partial charge in [0.25, 0.3) is 0 Å². The molecule has 0 aromatic carbocycles. The summed E-state index contributed by atoms with van der Waals surface area (Å²) in [7, 11) is 0. The van der Waals surface area contributed by atoms with E-state index in [1.807, 2.05) is 4.90 Å². The molecule has 3 fully saturated rings. The first-order valence-corrected chi connectivity index (χ1v) is 14.8. The van der Waals surface area contributed by atoms with Crippen LogP contribution in [0.2, 0.25) is 0 Å². The second-order valence-corrected chi connectivity index (χ2v) is 13.0. The molecule has 2 amide bonds. The summed E-state index contributed by atoms with van der Waals surface area (Å²) in [6.45, 7) is 15.2. The van der Waals surface area contributed by atoms with Crippen LogP contribution in [0.15, 0.2) is 25.3 Å². The Morgan fingerprint density at radius 3 is 2.65 bits per heavy atom. The van der Waals surface area contributed by atoms with Gasteiger partial charge in [0, 0.05) is 30.5 Å². The maximum absolute atomic E-state index is 14.4. The Bertz CT molecular complexity index is 865. The van der Waals surface area contributed by atoms with Gasteiger partial charge in [-0.25, -0.2) is 0 Å². The SMILES string of the molecule is C=CCCCOC(=O)[C@H]1[C@H]2C(=O)N(CCCCCO)C(C(=O)N(CC=C)C(C)CCC)C23CC[C@]1(C)S3. The zero-order valence-corrected chi connectivity index (χ0v) is 23.8. The molecule has 1 spiro atoms. The lowest BCUT2D eigenvalue weighted by atomic mass is 9.66. The minimum absolute atomic E-state index is 0.0297. The molecule has 0 saturated carbocycles. The average Bonchev–Trinajstić information content (AvgIpc) is 3.43. The zero-order valence-electron chi connectivity index (χ0n) is 23.0. The van der Waals surface area contributed by atoms with Crippen LogP contribution in [0.1, 0.15) is 78.6 Å². The van der Waals surface area contributed by atoms with Crippen molar-refractivity contribution in [3.05, 3.63) is 25.3 Å². The molecule has 0 aromatic heterocycles. The van der Waals surface area contributed by atoms with Crippen molar-refractivity contribution in [2.24, 2.45) is 11.8 Å². The van der Waals surface area contributed by atoms with E-state index in [-0.39, 0.29) is 30.4 Å². The van der Waals surface area contributed by atoms with Gasteiger partial charge in [0.2, 0.25) is 11.8 Å². The highest BCUT2D eigenvalue weighted by molar-refractivity contribution is 8.02. The largest absolute Gasteiger partial charge is 0.465 e. The summed E-state index contributed by atoms with van der Waals surface area (Å²) >= 11 is 1.69. The Morgan fingerprint density at radius 1 is 1.24 bits per heavy atom. The number of allylic oxidation sites excluding steroid dienone is 1. The molecule has 3 unspecified atom stereocenters. The Morgan fingerprint density at radius 2 is 2.00 bits per heavy atom. The number of carbonyl (C=O) groups is 3. The normalized spacial score (nSPS) is 30.8. The first-order chi connectivity index (χ1) is 17.7. The van der Waals surface area contributed by atoms with Gasteiger partial charge in [-0.1, -0.05) is 25.5 Å². The third-order valence-corrected chi connectivity index (χ3v) is 10.5. The molecule has 3 rings (SSSR count). The van der Waals surface area contributed by atoms with Crippen LogP contribution in [0, 0.1) is 11.8 Å². The van der Waals surface area contributed by atoms with Crippen molar-refractivity contribution < 1.29 is 24.2 Å². The number of carbonyl (C=O) groups excluding carboxylic acids is 3. The summed E-state index contributed by atoms with van der Waals surface area (Å²) in [5.74, 6) is -1.54. The molecule has 1 N–H and O–H groups in total. The Balaban J connectivity index is 1.96. The highest BCUT2D eigenvalue weighted by atomic mass is 32.2. The summed E-state index contributed by atoms with van der Waals surface area (Å²) in [4.78, 5) is 45.5. The fourth-order valence-electron chi connectivity index (χ4n) is 6.72. The lowest BCUT2D eigenvalue weighted by Gasteiger charge is -2.39. The van der Waals surface area contributed by atoms with Crippen molar-refractivity contribution in [3.63, 3.8) is 0 Å². The molecule has 0 radical (unpaired) electrons. The number of thioether (sulfide) groups is 1. The van der Waals surface area contributed by atoms with Gasteiger partial charge in [-0.2, -0.15) is 0 Å². The lowest BCUT2D eigenvalue weighted by Crippen LogP contribution is -2.56. The predicted molar refractivity (Wildman–Crippen MR) is 148 cm³/mol. The van der Waals surface area contributed by atoms with E-state index in [0.29, 0.717) is 39.0 Å². The van der Waals surface area contributed by atoms with Crippen LogP contribution in [0.4, 0.5) is 0 Å². The van der Waals surface area contributed by atoms with Crippen molar-refractivity contribution in [1.29, 1.82) is 0 Å². The second kappa shape index (κ2) is 12.8. The molecule has 8 heteroatoms. The number of unbranched alkanes of at least 4 members (excludes halogenated alkanes) is 3. The van der Waals surface area contributed by atoms with Gasteiger partial charge in [-0.3, -0.25) is 14.4 Å². The van der Waals surface area contributed by atoms with Crippen LogP contribution in [0.5, 0.6) is 0 Å². The van der Waals surface area contributed by atoms with E-state index in [0.717, 1.165) is 38.5 Å². The summed E-state index contributed by atoms with van der Waals surface area (Å²) in [6, 6.07) is -0.578. The molecule has 2 bridgehead atoms. The maximum atomic E-state index is 14.4. The van der Waals surface area contributed by atoms with Crippen LogP contribution >= 0.6 is 11.8 Å². The molecule has 6 atom stereocenters. The van der Waals surface area contributed by atoms with Gasteiger partial charge in [0.05, 0.1) is 23.2 Å². The molecule has 3 aliphatic heterocycles. The lowest BCUT2D eigenvalue weighted by molar-refractivity contribution is -0.155. The van der Waals surface area contributed by atoms with Gasteiger partial charge >= 0.3 is 5.97 Å². The molecule has 3 aliphatic rings. The highest BCUT2D eigenvalue weighted by Crippen LogP contribution is 2.71. The van der Waals surface area contributed by atoms with E-state index in [4.69, 9.17) is 4.74 Å². The van der Waals surface area contributed by atoms with Crippen molar-refractivity contribution in [3.8, 4) is 0 Å². The molecule has 0 aromatic rings. The number of esters is 1. The number of hydrogen-bond donors (Lipinski definition) is 1. The monoisotopic (exact) mass is 534 g/mol. The van der Waals surface area contributed by atoms with Crippen molar-refractivity contribution in [1.82, 2.24) is 9.80 Å². The number of rotatable bonds is 16. The van der Waals surface area contributed by atoms with Crippen LogP contribution < -0.4 is 0 Å². The van der Waals surface area contributed by atoms with E-state index < -0.39 is 27.4 Å². The highest BCUT2D eigenvalue weighted by Gasteiger charge is 2.77. The number of ether oxygens (including phenoxy) is 1. The van der Waals surface area contributed by atoms with Gasteiger partial charge in [-0.05, 0) is 65.2 Å². The predicted octanol–water partition coefficient (Wildman–Crippen LogP) is 4.34. The minimum atomic E-state index is -0.629. The van der Waals surface area contributed by atoms with E-state index in [1.54, 1.807) is 28.8 Å². The minimum Gasteiger partial charge on any atom is -0.465 e. The number of aliphatic hydroxyl groups excluding tert-OH is 1. The Kier molecular flexibility index (Phi) is 10.3. The third-order valence-electron chi connectivity index (χ3n) is 8.47. The molecule has 3 heterocycles. The summed E-state index contributed by atoms with van der Waals surface area (Å²) in [5, 5.41) is 9.23. The molecular weight excluding hydrogens is 488 g/mol. The number of hydrogen-bond acceptors (Lipinski definition) is 6. The van der Waals surface area contributed by atoms with E-state index >= 15 is 0 Å². The average molecular weight is 535 g/mol. The van der Waals surface area contributed by atoms with Gasteiger partial charge in [0.15, 0.2) is 0 Å². The fraction of sp³-hybridized carbons (Fsp3) is 0.759. The number of likely N-dealkylation sites (tertiary alicyclic amines) is 1.